The van der Waals surface area contributed by atoms with Gasteiger partial charge in [-0.2, -0.15) is 0 Å². The molecule has 0 saturated carbocycles. The monoisotopic (exact) mass is 378 g/mol. The maximum Gasteiger partial charge on any atom is 0.333 e. The van der Waals surface area contributed by atoms with Crippen molar-refractivity contribution < 1.29 is 28.5 Å². The summed E-state index contributed by atoms with van der Waals surface area (Å²) in [5, 5.41) is 0. The Bertz CT molecular complexity index is 569. The summed E-state index contributed by atoms with van der Waals surface area (Å²) in [5.74, 6) is -0.800. The van der Waals surface area contributed by atoms with Gasteiger partial charge in [-0.25, -0.2) is 4.79 Å². The number of rotatable bonds is 14. The summed E-state index contributed by atoms with van der Waals surface area (Å²) in [7, 11) is 1.67. The number of esters is 2. The van der Waals surface area contributed by atoms with E-state index < -0.39 is 12.1 Å². The summed E-state index contributed by atoms with van der Waals surface area (Å²) >= 11 is 0. The van der Waals surface area contributed by atoms with Crippen molar-refractivity contribution in [2.24, 2.45) is 0 Å². The molecule has 0 amide bonds. The van der Waals surface area contributed by atoms with Crippen LogP contribution in [0.5, 0.6) is 0 Å². The van der Waals surface area contributed by atoms with Crippen LogP contribution in [0.25, 0.3) is 0 Å². The van der Waals surface area contributed by atoms with E-state index in [1.54, 1.807) is 14.0 Å². The molecule has 0 spiro atoms. The third-order valence-corrected chi connectivity index (χ3v) is 3.71. The van der Waals surface area contributed by atoms with E-state index >= 15 is 0 Å². The molecule has 1 unspecified atom stereocenters. The van der Waals surface area contributed by atoms with Gasteiger partial charge in [0.25, 0.3) is 0 Å². The molecule has 6 nitrogen and oxygen atoms in total. The van der Waals surface area contributed by atoms with Gasteiger partial charge in [-0.3, -0.25) is 4.79 Å². The van der Waals surface area contributed by atoms with Gasteiger partial charge < -0.3 is 18.9 Å². The number of ether oxygens (including phenoxy) is 4. The highest BCUT2D eigenvalue weighted by Gasteiger charge is 2.17. The molecule has 1 rings (SSSR count). The number of hydrogen-bond acceptors (Lipinski definition) is 6. The molecule has 0 fully saturated rings. The van der Waals surface area contributed by atoms with Crippen LogP contribution in [-0.4, -0.2) is 45.5 Å². The average Bonchev–Trinajstić information content (AvgIpc) is 2.67. The molecule has 1 aromatic rings. The molecular weight excluding hydrogens is 348 g/mol. The fraction of sp³-hybridized carbons (Fsp3) is 0.524. The Morgan fingerprint density at radius 1 is 1.04 bits per heavy atom. The molecule has 1 atom stereocenters. The van der Waals surface area contributed by atoms with Gasteiger partial charge in [-0.05, 0) is 31.7 Å². The van der Waals surface area contributed by atoms with Gasteiger partial charge >= 0.3 is 11.9 Å². The molecule has 0 aliphatic heterocycles. The highest BCUT2D eigenvalue weighted by molar-refractivity contribution is 5.86. The van der Waals surface area contributed by atoms with Gasteiger partial charge in [0.15, 0.2) is 6.10 Å². The summed E-state index contributed by atoms with van der Waals surface area (Å²) in [6.45, 7) is 6.83. The molecule has 0 N–H and O–H groups in total. The predicted molar refractivity (Wildman–Crippen MR) is 102 cm³/mol. The second kappa shape index (κ2) is 13.9. The van der Waals surface area contributed by atoms with Crippen molar-refractivity contribution in [1.82, 2.24) is 0 Å². The van der Waals surface area contributed by atoms with Crippen molar-refractivity contribution in [2.75, 3.05) is 33.5 Å². The molecule has 27 heavy (non-hydrogen) atoms. The summed E-state index contributed by atoms with van der Waals surface area (Å²) in [4.78, 5) is 23.4. The molecule has 0 saturated heterocycles. The fourth-order valence-corrected chi connectivity index (χ4v) is 2.23. The number of methoxy groups -OCH3 is 1. The molecule has 0 bridgehead atoms. The van der Waals surface area contributed by atoms with E-state index in [1.165, 1.54) is 0 Å². The normalized spacial score (nSPS) is 11.6. The first-order valence-corrected chi connectivity index (χ1v) is 9.18. The van der Waals surface area contributed by atoms with Crippen LogP contribution >= 0.6 is 0 Å². The number of benzene rings is 1. The average molecular weight is 378 g/mol. The zero-order valence-corrected chi connectivity index (χ0v) is 16.3. The predicted octanol–water partition coefficient (Wildman–Crippen LogP) is 3.61. The van der Waals surface area contributed by atoms with Crippen molar-refractivity contribution in [3.05, 3.63) is 48.0 Å². The lowest BCUT2D eigenvalue weighted by Crippen LogP contribution is -2.17. The zero-order valence-electron chi connectivity index (χ0n) is 16.3. The Balaban J connectivity index is 2.40. The van der Waals surface area contributed by atoms with Crippen LogP contribution in [0.2, 0.25) is 0 Å². The van der Waals surface area contributed by atoms with E-state index in [0.29, 0.717) is 31.8 Å². The van der Waals surface area contributed by atoms with Crippen molar-refractivity contribution in [1.29, 1.82) is 0 Å². The Labute approximate surface area is 161 Å². The Morgan fingerprint density at radius 2 is 1.74 bits per heavy atom. The van der Waals surface area contributed by atoms with E-state index in [1.807, 2.05) is 30.3 Å². The molecule has 1 aromatic carbocycles. The van der Waals surface area contributed by atoms with E-state index in [0.717, 1.165) is 18.4 Å². The Hall–Kier alpha value is -2.18. The zero-order chi connectivity index (χ0) is 19.9. The summed E-state index contributed by atoms with van der Waals surface area (Å²) in [5.41, 5.74) is 1.22. The lowest BCUT2D eigenvalue weighted by molar-refractivity contribution is -0.154. The van der Waals surface area contributed by atoms with Gasteiger partial charge in [0.2, 0.25) is 0 Å². The Kier molecular flexibility index (Phi) is 11.8. The van der Waals surface area contributed by atoms with Crippen molar-refractivity contribution in [2.45, 2.75) is 38.7 Å². The van der Waals surface area contributed by atoms with Crippen molar-refractivity contribution >= 4 is 11.9 Å². The SMILES string of the molecule is C=C(C)C(=O)OCCCC(=O)OC(COCCCCOC)c1ccccc1. The number of carbonyl (C=O) groups excluding carboxylic acids is 2. The van der Waals surface area contributed by atoms with Crippen LogP contribution in [0, 0.1) is 0 Å². The van der Waals surface area contributed by atoms with Crippen LogP contribution in [0.1, 0.15) is 44.3 Å². The summed E-state index contributed by atoms with van der Waals surface area (Å²) < 4.78 is 21.2. The van der Waals surface area contributed by atoms with E-state index in [9.17, 15) is 9.59 Å². The molecular formula is C21H30O6. The molecule has 0 heterocycles. The van der Waals surface area contributed by atoms with E-state index in [4.69, 9.17) is 18.9 Å². The summed E-state index contributed by atoms with van der Waals surface area (Å²) in [6, 6.07) is 9.50. The van der Waals surface area contributed by atoms with Crippen LogP contribution in [0.4, 0.5) is 0 Å². The largest absolute Gasteiger partial charge is 0.462 e. The lowest BCUT2D eigenvalue weighted by Gasteiger charge is -2.18. The molecule has 0 aliphatic rings. The first kappa shape index (κ1) is 22.9. The Morgan fingerprint density at radius 3 is 2.41 bits per heavy atom. The molecule has 0 aromatic heterocycles. The maximum absolute atomic E-state index is 12.1. The third-order valence-electron chi connectivity index (χ3n) is 3.71. The molecule has 0 aliphatic carbocycles. The fourth-order valence-electron chi connectivity index (χ4n) is 2.23. The van der Waals surface area contributed by atoms with Gasteiger partial charge in [0.1, 0.15) is 0 Å². The smallest absolute Gasteiger partial charge is 0.333 e. The van der Waals surface area contributed by atoms with Crippen LogP contribution in [0.3, 0.4) is 0 Å². The van der Waals surface area contributed by atoms with Crippen LogP contribution in [-0.2, 0) is 28.5 Å². The second-order valence-corrected chi connectivity index (χ2v) is 6.18. The number of carbonyl (C=O) groups is 2. The van der Waals surface area contributed by atoms with Gasteiger partial charge in [0.05, 0.1) is 13.2 Å². The first-order valence-electron chi connectivity index (χ1n) is 9.18. The van der Waals surface area contributed by atoms with E-state index in [2.05, 4.69) is 6.58 Å². The van der Waals surface area contributed by atoms with Gasteiger partial charge in [0, 0.05) is 32.3 Å². The van der Waals surface area contributed by atoms with Gasteiger partial charge in [-0.15, -0.1) is 0 Å². The highest BCUT2D eigenvalue weighted by atomic mass is 16.6. The third kappa shape index (κ3) is 10.5. The molecule has 6 heteroatoms. The minimum absolute atomic E-state index is 0.160. The van der Waals surface area contributed by atoms with Crippen LogP contribution < -0.4 is 0 Å². The molecule has 0 radical (unpaired) electrons. The standard InChI is InChI=1S/C21H30O6/c1-17(2)21(23)26-15-9-12-20(22)27-19(18-10-5-4-6-11-18)16-25-14-8-7-13-24-3/h4-6,10-11,19H,1,7-9,12-16H2,2-3H3. The highest BCUT2D eigenvalue weighted by Crippen LogP contribution is 2.19. The van der Waals surface area contributed by atoms with Crippen LogP contribution in [0.15, 0.2) is 42.5 Å². The number of unbranched alkanes of at least 4 members (excludes halogenated alkanes) is 1. The van der Waals surface area contributed by atoms with Crippen molar-refractivity contribution in [3.8, 4) is 0 Å². The minimum atomic E-state index is -0.459. The number of hydrogen-bond donors (Lipinski definition) is 0. The van der Waals surface area contributed by atoms with Crippen molar-refractivity contribution in [3.63, 3.8) is 0 Å². The lowest BCUT2D eigenvalue weighted by atomic mass is 10.1. The topological polar surface area (TPSA) is 71.1 Å². The molecule has 150 valence electrons. The van der Waals surface area contributed by atoms with E-state index in [-0.39, 0.29) is 19.0 Å². The minimum Gasteiger partial charge on any atom is -0.462 e. The van der Waals surface area contributed by atoms with Gasteiger partial charge in [-0.1, -0.05) is 36.9 Å². The maximum atomic E-state index is 12.1. The first-order chi connectivity index (χ1) is 13.0. The summed E-state index contributed by atoms with van der Waals surface area (Å²) in [6.07, 6.45) is 1.92. The second-order valence-electron chi connectivity index (χ2n) is 6.18. The quantitative estimate of drug-likeness (QED) is 0.280.